The Morgan fingerprint density at radius 3 is 1.67 bits per heavy atom. The van der Waals surface area contributed by atoms with Crippen molar-refractivity contribution in [3.05, 3.63) is 0 Å². The summed E-state index contributed by atoms with van der Waals surface area (Å²) in [6, 6.07) is 0. The Hall–Kier alpha value is -0.0400. The second kappa shape index (κ2) is 3.48. The fourth-order valence-electron chi connectivity index (χ4n) is 3.60. The molecular formula is C14H29N. The Kier molecular flexibility index (Phi) is 3.02. The van der Waals surface area contributed by atoms with Gasteiger partial charge in [-0.1, -0.05) is 41.5 Å². The Bertz CT molecular complexity index is 227. The maximum Gasteiger partial charge on any atom is 0.0161 e. The first-order chi connectivity index (χ1) is 6.46. The van der Waals surface area contributed by atoms with Crippen LogP contribution >= 0.6 is 0 Å². The lowest BCUT2D eigenvalue weighted by molar-refractivity contribution is 0.0690. The molecule has 1 fully saturated rings. The maximum atomic E-state index is 3.71. The summed E-state index contributed by atoms with van der Waals surface area (Å²) in [5, 5.41) is 3.71. The second-order valence-electron chi connectivity index (χ2n) is 7.92. The Balaban J connectivity index is 3.03. The summed E-state index contributed by atoms with van der Waals surface area (Å²) < 4.78 is 0. The molecule has 2 atom stereocenters. The predicted octanol–water partition coefficient (Wildman–Crippen LogP) is 3.69. The minimum atomic E-state index is 0.274. The smallest absolute Gasteiger partial charge is 0.0161 e. The van der Waals surface area contributed by atoms with Gasteiger partial charge in [-0.3, -0.25) is 0 Å². The van der Waals surface area contributed by atoms with Crippen LogP contribution < -0.4 is 5.32 Å². The largest absolute Gasteiger partial charge is 0.311 e. The maximum absolute atomic E-state index is 3.71. The van der Waals surface area contributed by atoms with Crippen molar-refractivity contribution < 1.29 is 0 Å². The third kappa shape index (κ3) is 2.55. The highest BCUT2D eigenvalue weighted by molar-refractivity contribution is 5.05. The van der Waals surface area contributed by atoms with E-state index in [0.29, 0.717) is 10.8 Å². The van der Waals surface area contributed by atoms with E-state index in [1.165, 1.54) is 6.54 Å². The third-order valence-corrected chi connectivity index (χ3v) is 4.00. The van der Waals surface area contributed by atoms with Gasteiger partial charge in [0.15, 0.2) is 0 Å². The van der Waals surface area contributed by atoms with E-state index in [2.05, 4.69) is 60.7 Å². The van der Waals surface area contributed by atoms with Gasteiger partial charge in [0, 0.05) is 5.54 Å². The van der Waals surface area contributed by atoms with Crippen molar-refractivity contribution in [2.24, 2.45) is 22.7 Å². The fraction of sp³-hybridized carbons (Fsp3) is 1.00. The molecule has 1 saturated heterocycles. The monoisotopic (exact) mass is 211 g/mol. The molecule has 1 aliphatic rings. The molecule has 1 heterocycles. The van der Waals surface area contributed by atoms with Crippen molar-refractivity contribution in [1.82, 2.24) is 5.32 Å². The van der Waals surface area contributed by atoms with E-state index < -0.39 is 0 Å². The van der Waals surface area contributed by atoms with E-state index in [9.17, 15) is 0 Å². The van der Waals surface area contributed by atoms with Gasteiger partial charge in [0.05, 0.1) is 0 Å². The molecule has 1 rings (SSSR count). The highest BCUT2D eigenvalue weighted by Gasteiger charge is 2.50. The van der Waals surface area contributed by atoms with Crippen LogP contribution in [0, 0.1) is 22.7 Å². The number of nitrogens with one attached hydrogen (secondary N) is 1. The average molecular weight is 211 g/mol. The summed E-state index contributed by atoms with van der Waals surface area (Å²) in [5.41, 5.74) is 1.06. The average Bonchev–Trinajstić information content (AvgIpc) is 2.21. The van der Waals surface area contributed by atoms with E-state index in [1.54, 1.807) is 0 Å². The molecule has 1 aliphatic heterocycles. The molecule has 90 valence electrons. The van der Waals surface area contributed by atoms with Gasteiger partial charge in [0.1, 0.15) is 0 Å². The summed E-state index contributed by atoms with van der Waals surface area (Å²) in [5.74, 6) is 1.51. The highest BCUT2D eigenvalue weighted by Crippen LogP contribution is 2.49. The zero-order chi connectivity index (χ0) is 12.1. The summed E-state index contributed by atoms with van der Waals surface area (Å²) >= 11 is 0. The van der Waals surface area contributed by atoms with Crippen LogP contribution in [0.2, 0.25) is 0 Å². The van der Waals surface area contributed by atoms with E-state index in [1.807, 2.05) is 0 Å². The van der Waals surface area contributed by atoms with Crippen LogP contribution in [0.3, 0.4) is 0 Å². The lowest BCUT2D eigenvalue weighted by Crippen LogP contribution is -2.46. The highest BCUT2D eigenvalue weighted by atomic mass is 15.0. The van der Waals surface area contributed by atoms with E-state index >= 15 is 0 Å². The summed E-state index contributed by atoms with van der Waals surface area (Å²) in [7, 11) is 0. The van der Waals surface area contributed by atoms with Crippen molar-refractivity contribution in [1.29, 1.82) is 0 Å². The van der Waals surface area contributed by atoms with Gasteiger partial charge < -0.3 is 5.32 Å². The predicted molar refractivity (Wildman–Crippen MR) is 68.0 cm³/mol. The van der Waals surface area contributed by atoms with Gasteiger partial charge in [0.25, 0.3) is 0 Å². The minimum Gasteiger partial charge on any atom is -0.311 e. The minimum absolute atomic E-state index is 0.274. The van der Waals surface area contributed by atoms with Gasteiger partial charge in [-0.05, 0) is 43.1 Å². The van der Waals surface area contributed by atoms with Crippen LogP contribution in [-0.2, 0) is 0 Å². The van der Waals surface area contributed by atoms with Crippen LogP contribution in [0.5, 0.6) is 0 Å². The molecule has 15 heavy (non-hydrogen) atoms. The van der Waals surface area contributed by atoms with Crippen molar-refractivity contribution in [3.63, 3.8) is 0 Å². The molecule has 1 N–H and O–H groups in total. The summed E-state index contributed by atoms with van der Waals surface area (Å²) in [4.78, 5) is 0. The molecule has 0 aromatic heterocycles. The van der Waals surface area contributed by atoms with Gasteiger partial charge in [0.2, 0.25) is 0 Å². The van der Waals surface area contributed by atoms with E-state index in [-0.39, 0.29) is 5.54 Å². The van der Waals surface area contributed by atoms with Gasteiger partial charge in [-0.25, -0.2) is 0 Å². The van der Waals surface area contributed by atoms with Crippen LogP contribution in [0.25, 0.3) is 0 Å². The van der Waals surface area contributed by atoms with Crippen molar-refractivity contribution in [2.45, 2.75) is 60.9 Å². The zero-order valence-electron chi connectivity index (χ0n) is 11.9. The molecule has 0 bridgehead atoms. The van der Waals surface area contributed by atoms with Crippen molar-refractivity contribution in [2.75, 3.05) is 6.54 Å². The standard InChI is InChI=1S/C14H29N/c1-12(2,3)10-9-15-14(7,8)11(10)13(4,5)6/h10-11,15H,9H2,1-8H3. The first kappa shape index (κ1) is 13.0. The fourth-order valence-corrected chi connectivity index (χ4v) is 3.60. The molecule has 0 radical (unpaired) electrons. The summed E-state index contributed by atoms with van der Waals surface area (Å²) in [6.45, 7) is 20.1. The van der Waals surface area contributed by atoms with E-state index in [0.717, 1.165) is 11.8 Å². The zero-order valence-corrected chi connectivity index (χ0v) is 11.9. The van der Waals surface area contributed by atoms with E-state index in [4.69, 9.17) is 0 Å². The third-order valence-electron chi connectivity index (χ3n) is 4.00. The molecule has 0 spiro atoms. The molecule has 0 amide bonds. The Morgan fingerprint density at radius 1 is 0.933 bits per heavy atom. The summed E-state index contributed by atoms with van der Waals surface area (Å²) in [6.07, 6.45) is 0. The molecular weight excluding hydrogens is 182 g/mol. The molecule has 0 saturated carbocycles. The van der Waals surface area contributed by atoms with Crippen LogP contribution in [-0.4, -0.2) is 12.1 Å². The number of rotatable bonds is 0. The lowest BCUT2D eigenvalue weighted by Gasteiger charge is -2.44. The van der Waals surface area contributed by atoms with Crippen LogP contribution in [0.1, 0.15) is 55.4 Å². The van der Waals surface area contributed by atoms with Gasteiger partial charge in [-0.15, -0.1) is 0 Å². The molecule has 0 aliphatic carbocycles. The Morgan fingerprint density at radius 2 is 1.40 bits per heavy atom. The van der Waals surface area contributed by atoms with Crippen molar-refractivity contribution in [3.8, 4) is 0 Å². The van der Waals surface area contributed by atoms with Crippen LogP contribution in [0.15, 0.2) is 0 Å². The second-order valence-corrected chi connectivity index (χ2v) is 7.92. The molecule has 0 aromatic carbocycles. The quantitative estimate of drug-likeness (QED) is 0.644. The molecule has 0 aromatic rings. The van der Waals surface area contributed by atoms with Gasteiger partial charge in [-0.2, -0.15) is 0 Å². The van der Waals surface area contributed by atoms with Crippen LogP contribution in [0.4, 0.5) is 0 Å². The number of hydrogen-bond donors (Lipinski definition) is 1. The molecule has 1 heteroatoms. The lowest BCUT2D eigenvalue weighted by atomic mass is 9.61. The van der Waals surface area contributed by atoms with Crippen molar-refractivity contribution >= 4 is 0 Å². The normalized spacial score (nSPS) is 32.0. The molecule has 1 nitrogen and oxygen atoms in total. The molecule has 2 unspecified atom stereocenters. The Labute approximate surface area is 96.0 Å². The first-order valence-corrected chi connectivity index (χ1v) is 6.21. The van der Waals surface area contributed by atoms with Gasteiger partial charge >= 0.3 is 0 Å². The number of hydrogen-bond acceptors (Lipinski definition) is 1. The SMILES string of the molecule is CC(C)(C)C1CNC(C)(C)C1C(C)(C)C. The topological polar surface area (TPSA) is 12.0 Å². The first-order valence-electron chi connectivity index (χ1n) is 6.21.